The van der Waals surface area contributed by atoms with E-state index >= 15 is 0 Å². The van der Waals surface area contributed by atoms with Crippen LogP contribution in [0, 0.1) is 0 Å². The summed E-state index contributed by atoms with van der Waals surface area (Å²) in [4.78, 5) is 42.5. The van der Waals surface area contributed by atoms with Crippen LogP contribution in [-0.2, 0) is 21.7 Å². The number of carbonyl (C=O) groups is 3. The molecular weight excluding hydrogens is 458 g/mol. The minimum absolute atomic E-state index is 0.0989. The molecule has 2 saturated heterocycles. The Morgan fingerprint density at radius 1 is 1.09 bits per heavy atom. The summed E-state index contributed by atoms with van der Waals surface area (Å²) in [6.45, 7) is 5.57. The van der Waals surface area contributed by atoms with E-state index in [2.05, 4.69) is 15.6 Å². The Balaban J connectivity index is 1.29. The van der Waals surface area contributed by atoms with E-state index in [0.717, 1.165) is 24.6 Å². The SMILES string of the molecule is COc1cccc(C2(C)NC(=O)N(NC(=O)CN3CCN(Cc4ccc(Cl)cc4)CC3)C2=O)c1. The van der Waals surface area contributed by atoms with Gasteiger partial charge in [0.05, 0.1) is 13.7 Å². The van der Waals surface area contributed by atoms with Crippen LogP contribution in [0.15, 0.2) is 48.5 Å². The monoisotopic (exact) mass is 485 g/mol. The van der Waals surface area contributed by atoms with E-state index in [9.17, 15) is 14.4 Å². The van der Waals surface area contributed by atoms with Gasteiger partial charge in [0.15, 0.2) is 0 Å². The smallest absolute Gasteiger partial charge is 0.344 e. The van der Waals surface area contributed by atoms with E-state index in [1.54, 1.807) is 31.2 Å². The number of halogens is 1. The molecule has 2 aromatic carbocycles. The molecule has 0 aliphatic carbocycles. The summed E-state index contributed by atoms with van der Waals surface area (Å²) in [5, 5.41) is 4.16. The lowest BCUT2D eigenvalue weighted by Crippen LogP contribution is -2.53. The fourth-order valence-electron chi connectivity index (χ4n) is 4.19. The van der Waals surface area contributed by atoms with E-state index in [0.29, 0.717) is 29.4 Å². The van der Waals surface area contributed by atoms with Gasteiger partial charge in [-0.3, -0.25) is 24.8 Å². The van der Waals surface area contributed by atoms with Crippen LogP contribution in [0.2, 0.25) is 5.02 Å². The Morgan fingerprint density at radius 2 is 1.76 bits per heavy atom. The molecule has 2 fully saturated rings. The van der Waals surface area contributed by atoms with Crippen molar-refractivity contribution in [2.45, 2.75) is 19.0 Å². The molecule has 4 amide bonds. The number of nitrogens with zero attached hydrogens (tertiary/aromatic N) is 3. The van der Waals surface area contributed by atoms with Crippen molar-refractivity contribution in [2.24, 2.45) is 0 Å². The molecule has 0 aromatic heterocycles. The summed E-state index contributed by atoms with van der Waals surface area (Å²) in [5.41, 5.74) is 2.93. The number of rotatable bonds is 7. The summed E-state index contributed by atoms with van der Waals surface area (Å²) in [6.07, 6.45) is 0. The molecule has 34 heavy (non-hydrogen) atoms. The van der Waals surface area contributed by atoms with E-state index in [1.165, 1.54) is 12.7 Å². The zero-order valence-corrected chi connectivity index (χ0v) is 20.0. The molecule has 2 heterocycles. The maximum absolute atomic E-state index is 13.1. The second kappa shape index (κ2) is 10.0. The molecule has 2 aliphatic heterocycles. The van der Waals surface area contributed by atoms with Gasteiger partial charge in [0.25, 0.3) is 11.8 Å². The number of carbonyl (C=O) groups excluding carboxylic acids is 3. The first kappa shape index (κ1) is 24.0. The lowest BCUT2D eigenvalue weighted by Gasteiger charge is -2.34. The van der Waals surface area contributed by atoms with Crippen LogP contribution in [0.5, 0.6) is 5.75 Å². The number of nitrogens with one attached hydrogen (secondary N) is 2. The lowest BCUT2D eigenvalue weighted by atomic mass is 9.92. The van der Waals surface area contributed by atoms with Crippen molar-refractivity contribution >= 4 is 29.4 Å². The van der Waals surface area contributed by atoms with Crippen LogP contribution in [0.3, 0.4) is 0 Å². The highest BCUT2D eigenvalue weighted by atomic mass is 35.5. The van der Waals surface area contributed by atoms with Gasteiger partial charge in [-0.1, -0.05) is 35.9 Å². The molecule has 0 radical (unpaired) electrons. The van der Waals surface area contributed by atoms with Gasteiger partial charge in [-0.25, -0.2) is 4.79 Å². The van der Waals surface area contributed by atoms with Crippen LogP contribution < -0.4 is 15.5 Å². The van der Waals surface area contributed by atoms with Gasteiger partial charge in [-0.05, 0) is 42.3 Å². The second-order valence-electron chi connectivity index (χ2n) is 8.64. The molecule has 1 unspecified atom stereocenters. The zero-order chi connectivity index (χ0) is 24.3. The predicted molar refractivity (Wildman–Crippen MR) is 127 cm³/mol. The average Bonchev–Trinajstić information content (AvgIpc) is 3.05. The Morgan fingerprint density at radius 3 is 2.44 bits per heavy atom. The first-order valence-electron chi connectivity index (χ1n) is 11.1. The molecule has 1 atom stereocenters. The van der Waals surface area contributed by atoms with Gasteiger partial charge in [-0.2, -0.15) is 5.01 Å². The maximum atomic E-state index is 13.1. The number of methoxy groups -OCH3 is 1. The highest BCUT2D eigenvalue weighted by Crippen LogP contribution is 2.30. The number of amides is 4. The normalized spacial score (nSPS) is 21.4. The molecular formula is C24H28ClN5O4. The summed E-state index contributed by atoms with van der Waals surface area (Å²) < 4.78 is 5.22. The number of imide groups is 1. The Labute approximate surface area is 203 Å². The van der Waals surface area contributed by atoms with Crippen molar-refractivity contribution < 1.29 is 19.1 Å². The molecule has 0 saturated carbocycles. The third-order valence-electron chi connectivity index (χ3n) is 6.23. The van der Waals surface area contributed by atoms with E-state index in [4.69, 9.17) is 16.3 Å². The second-order valence-corrected chi connectivity index (χ2v) is 9.08. The molecule has 2 aliphatic rings. The Bertz CT molecular complexity index is 1070. The number of hydrogen-bond donors (Lipinski definition) is 2. The van der Waals surface area contributed by atoms with Crippen molar-refractivity contribution in [3.05, 3.63) is 64.7 Å². The summed E-state index contributed by atoms with van der Waals surface area (Å²) in [6, 6.07) is 14.0. The minimum Gasteiger partial charge on any atom is -0.497 e. The Kier molecular flexibility index (Phi) is 7.06. The lowest BCUT2D eigenvalue weighted by molar-refractivity contribution is -0.139. The average molecular weight is 486 g/mol. The molecule has 10 heteroatoms. The predicted octanol–water partition coefficient (Wildman–Crippen LogP) is 1.96. The third-order valence-corrected chi connectivity index (χ3v) is 6.48. The van der Waals surface area contributed by atoms with Gasteiger partial charge >= 0.3 is 6.03 Å². The highest BCUT2D eigenvalue weighted by molar-refractivity contribution is 6.30. The minimum atomic E-state index is -1.30. The van der Waals surface area contributed by atoms with Crippen molar-refractivity contribution in [1.82, 2.24) is 25.6 Å². The molecule has 2 aromatic rings. The van der Waals surface area contributed by atoms with Gasteiger partial charge in [0, 0.05) is 37.7 Å². The fourth-order valence-corrected chi connectivity index (χ4v) is 4.31. The van der Waals surface area contributed by atoms with Crippen LogP contribution in [-0.4, -0.2) is 72.5 Å². The van der Waals surface area contributed by atoms with E-state index in [1.807, 2.05) is 29.2 Å². The molecule has 2 N–H and O–H groups in total. The van der Waals surface area contributed by atoms with Crippen molar-refractivity contribution in [1.29, 1.82) is 0 Å². The molecule has 9 nitrogen and oxygen atoms in total. The number of hydrazine groups is 1. The van der Waals surface area contributed by atoms with Gasteiger partial charge in [0.2, 0.25) is 0 Å². The van der Waals surface area contributed by atoms with Crippen LogP contribution in [0.1, 0.15) is 18.1 Å². The van der Waals surface area contributed by atoms with Crippen LogP contribution in [0.25, 0.3) is 0 Å². The fraction of sp³-hybridized carbons (Fsp3) is 0.375. The quantitative estimate of drug-likeness (QED) is 0.582. The number of piperazine rings is 1. The maximum Gasteiger partial charge on any atom is 0.344 e. The molecule has 0 spiro atoms. The van der Waals surface area contributed by atoms with E-state index < -0.39 is 23.4 Å². The number of ether oxygens (including phenoxy) is 1. The highest BCUT2D eigenvalue weighted by Gasteiger charge is 2.50. The summed E-state index contributed by atoms with van der Waals surface area (Å²) >= 11 is 5.95. The molecule has 4 rings (SSSR count). The van der Waals surface area contributed by atoms with Gasteiger partial charge in [-0.15, -0.1) is 0 Å². The topological polar surface area (TPSA) is 94.2 Å². The van der Waals surface area contributed by atoms with Crippen molar-refractivity contribution in [3.8, 4) is 5.75 Å². The van der Waals surface area contributed by atoms with Crippen LogP contribution >= 0.6 is 11.6 Å². The molecule has 0 bridgehead atoms. The van der Waals surface area contributed by atoms with E-state index in [-0.39, 0.29) is 6.54 Å². The summed E-state index contributed by atoms with van der Waals surface area (Å²) in [5.74, 6) is -0.394. The summed E-state index contributed by atoms with van der Waals surface area (Å²) in [7, 11) is 1.53. The first-order chi connectivity index (χ1) is 16.3. The molecule has 180 valence electrons. The van der Waals surface area contributed by atoms with Crippen molar-refractivity contribution in [2.75, 3.05) is 39.8 Å². The Hall–Kier alpha value is -3.14. The largest absolute Gasteiger partial charge is 0.497 e. The van der Waals surface area contributed by atoms with Gasteiger partial charge in [0.1, 0.15) is 11.3 Å². The number of benzene rings is 2. The number of hydrogen-bond acceptors (Lipinski definition) is 6. The van der Waals surface area contributed by atoms with Crippen LogP contribution in [0.4, 0.5) is 4.79 Å². The first-order valence-corrected chi connectivity index (χ1v) is 11.5. The number of urea groups is 1. The third kappa shape index (κ3) is 5.16. The standard InChI is InChI=1S/C24H28ClN5O4/c1-24(18-4-3-5-20(14-18)34-2)22(32)30(23(33)26-24)27-21(31)16-29-12-10-28(11-13-29)15-17-6-8-19(25)9-7-17/h3-9,14H,10-13,15-16H2,1-2H3,(H,26,33)(H,27,31). The zero-order valence-electron chi connectivity index (χ0n) is 19.2. The van der Waals surface area contributed by atoms with Crippen molar-refractivity contribution in [3.63, 3.8) is 0 Å². The van der Waals surface area contributed by atoms with Gasteiger partial charge < -0.3 is 10.1 Å².